The fourth-order valence-electron chi connectivity index (χ4n) is 8.90. The van der Waals surface area contributed by atoms with Crippen LogP contribution in [0.25, 0.3) is 0 Å². The van der Waals surface area contributed by atoms with Crippen LogP contribution >= 0.6 is 11.6 Å². The molecule has 7 rings (SSSR count). The van der Waals surface area contributed by atoms with Crippen LogP contribution in [0.2, 0.25) is 23.7 Å². The highest BCUT2D eigenvalue weighted by Crippen LogP contribution is 2.60. The van der Waals surface area contributed by atoms with Gasteiger partial charge in [-0.3, -0.25) is 14.3 Å². The number of ether oxygens (including phenoxy) is 2. The lowest BCUT2D eigenvalue weighted by Crippen LogP contribution is -2.51. The summed E-state index contributed by atoms with van der Waals surface area (Å²) in [5.74, 6) is 0.440. The Bertz CT molecular complexity index is 1950. The minimum Gasteiger partial charge on any atom is -0.497 e. The van der Waals surface area contributed by atoms with Crippen LogP contribution in [-0.2, 0) is 39.4 Å². The monoisotopic (exact) mass is 756 g/mol. The minimum atomic E-state index is -2.35. The molecule has 0 saturated carbocycles. The van der Waals surface area contributed by atoms with E-state index in [4.69, 9.17) is 21.1 Å². The molecule has 3 aliphatic rings. The van der Waals surface area contributed by atoms with E-state index >= 15 is 4.79 Å². The standard InChI is InChI=1S/C40H49ClN6O5Si/c1-26-37(53(3,4)33-13-11-32(51-2)12-14-33)36(16-19-46-25-31(17-20-48)44-45-46)52-40(26)34-22-29(41)10-15-35(34)47(39(40)50)24-27-7-5-9-30(21-27)43-38(49)28-8-6-18-42-23-28/h5,7,9-15,21-22,25-26,28,36-37,42,48H,6,8,16-20,23-24H2,1-4H3,(H,43,49)/t26-,28?,36+,37-,40+/m1/s1. The van der Waals surface area contributed by atoms with E-state index in [1.165, 1.54) is 5.19 Å². The number of nitrogens with zero attached hydrogens (tertiary/aromatic N) is 4. The Labute approximate surface area is 317 Å². The van der Waals surface area contributed by atoms with Gasteiger partial charge in [-0.05, 0) is 79.4 Å². The van der Waals surface area contributed by atoms with E-state index < -0.39 is 13.7 Å². The number of hydrogen-bond acceptors (Lipinski definition) is 8. The number of hydrogen-bond donors (Lipinski definition) is 3. The number of aromatic nitrogens is 3. The normalized spacial score (nSPS) is 24.1. The maximum absolute atomic E-state index is 15.2. The number of carbonyl (C=O) groups is 2. The molecule has 1 spiro atoms. The number of methoxy groups -OCH3 is 1. The third-order valence-corrected chi connectivity index (χ3v) is 16.2. The van der Waals surface area contributed by atoms with Gasteiger partial charge in [0.2, 0.25) is 5.91 Å². The highest BCUT2D eigenvalue weighted by atomic mass is 35.5. The van der Waals surface area contributed by atoms with E-state index in [1.807, 2.05) is 65.7 Å². The summed E-state index contributed by atoms with van der Waals surface area (Å²) in [6.45, 7) is 9.37. The lowest BCUT2D eigenvalue weighted by molar-refractivity contribution is -0.146. The first kappa shape index (κ1) is 37.3. The molecule has 11 nitrogen and oxygen atoms in total. The Hall–Kier alpha value is -4.07. The predicted molar refractivity (Wildman–Crippen MR) is 208 cm³/mol. The van der Waals surface area contributed by atoms with Gasteiger partial charge in [0.15, 0.2) is 5.60 Å². The summed E-state index contributed by atoms with van der Waals surface area (Å²) in [7, 11) is -0.684. The lowest BCUT2D eigenvalue weighted by atomic mass is 9.82. The Balaban J connectivity index is 1.22. The van der Waals surface area contributed by atoms with Crippen LogP contribution in [0, 0.1) is 11.8 Å². The van der Waals surface area contributed by atoms with Gasteiger partial charge in [-0.25, -0.2) is 0 Å². The summed E-state index contributed by atoms with van der Waals surface area (Å²) in [4.78, 5) is 30.1. The Morgan fingerprint density at radius 2 is 1.98 bits per heavy atom. The number of halogens is 1. The second kappa shape index (κ2) is 15.3. The number of rotatable bonds is 12. The number of carbonyl (C=O) groups excluding carboxylic acids is 2. The van der Waals surface area contributed by atoms with Gasteiger partial charge in [0.1, 0.15) is 5.75 Å². The zero-order valence-corrected chi connectivity index (χ0v) is 32.6. The van der Waals surface area contributed by atoms with Crippen LogP contribution in [0.1, 0.15) is 43.0 Å². The number of amides is 2. The van der Waals surface area contributed by atoms with Crippen LogP contribution in [-0.4, -0.2) is 72.9 Å². The fraction of sp³-hybridized carbons (Fsp3) is 0.450. The number of anilines is 2. The number of aryl methyl sites for hydroxylation is 1. The molecule has 4 aromatic rings. The summed E-state index contributed by atoms with van der Waals surface area (Å²) >= 11 is 6.71. The largest absolute Gasteiger partial charge is 0.497 e. The van der Waals surface area contributed by atoms with E-state index in [0.29, 0.717) is 43.2 Å². The zero-order valence-electron chi connectivity index (χ0n) is 30.8. The third kappa shape index (κ3) is 7.15. The van der Waals surface area contributed by atoms with Crippen molar-refractivity contribution in [3.05, 3.63) is 94.8 Å². The molecule has 2 saturated heterocycles. The molecule has 2 fully saturated rings. The number of aliphatic hydroxyl groups is 1. The maximum atomic E-state index is 15.2. The molecule has 1 unspecified atom stereocenters. The van der Waals surface area contributed by atoms with Gasteiger partial charge in [-0.2, -0.15) is 0 Å². The lowest BCUT2D eigenvalue weighted by Gasteiger charge is -2.37. The van der Waals surface area contributed by atoms with Crippen LogP contribution in [0.5, 0.6) is 5.75 Å². The molecule has 2 amide bonds. The van der Waals surface area contributed by atoms with Crippen molar-refractivity contribution in [3.63, 3.8) is 0 Å². The molecule has 1 aromatic heterocycles. The van der Waals surface area contributed by atoms with E-state index in [9.17, 15) is 9.90 Å². The molecule has 3 N–H and O–H groups in total. The van der Waals surface area contributed by atoms with Crippen molar-refractivity contribution >= 4 is 48.1 Å². The van der Waals surface area contributed by atoms with Gasteiger partial charge >= 0.3 is 0 Å². The van der Waals surface area contributed by atoms with Crippen LogP contribution in [0.3, 0.4) is 0 Å². The molecule has 4 heterocycles. The highest BCUT2D eigenvalue weighted by molar-refractivity contribution is 6.91. The van der Waals surface area contributed by atoms with Crippen molar-refractivity contribution in [2.24, 2.45) is 11.8 Å². The molecule has 13 heteroatoms. The number of benzene rings is 3. The molecule has 3 aliphatic heterocycles. The van der Waals surface area contributed by atoms with Crippen molar-refractivity contribution in [2.45, 2.75) is 76.0 Å². The van der Waals surface area contributed by atoms with Crippen molar-refractivity contribution in [1.29, 1.82) is 0 Å². The van der Waals surface area contributed by atoms with Gasteiger partial charge in [0.05, 0.1) is 45.1 Å². The summed E-state index contributed by atoms with van der Waals surface area (Å²) in [6.07, 6.45) is 4.49. The van der Waals surface area contributed by atoms with Crippen LogP contribution < -0.4 is 25.5 Å². The van der Waals surface area contributed by atoms with Gasteiger partial charge in [0.25, 0.3) is 5.91 Å². The second-order valence-electron chi connectivity index (χ2n) is 15.2. The van der Waals surface area contributed by atoms with Crippen molar-refractivity contribution in [2.75, 3.05) is 37.0 Å². The Kier molecular flexibility index (Phi) is 10.8. The number of nitrogens with one attached hydrogen (secondary N) is 2. The Morgan fingerprint density at radius 3 is 2.72 bits per heavy atom. The molecule has 3 aromatic carbocycles. The topological polar surface area (TPSA) is 131 Å². The van der Waals surface area contributed by atoms with Crippen LogP contribution in [0.15, 0.2) is 72.9 Å². The highest BCUT2D eigenvalue weighted by Gasteiger charge is 2.66. The quantitative estimate of drug-likeness (QED) is 0.167. The first-order valence-corrected chi connectivity index (χ1v) is 22.1. The predicted octanol–water partition coefficient (Wildman–Crippen LogP) is 5.27. The van der Waals surface area contributed by atoms with E-state index in [0.717, 1.165) is 47.6 Å². The number of fused-ring (bicyclic) bond motifs is 2. The van der Waals surface area contributed by atoms with Crippen molar-refractivity contribution in [1.82, 2.24) is 20.3 Å². The van der Waals surface area contributed by atoms with Gasteiger partial charge < -0.3 is 30.1 Å². The summed E-state index contributed by atoms with van der Waals surface area (Å²) in [5, 5.41) is 26.2. The van der Waals surface area contributed by atoms with Crippen LogP contribution in [0.4, 0.5) is 11.4 Å². The number of aliphatic hydroxyl groups excluding tert-OH is 1. The van der Waals surface area contributed by atoms with Gasteiger partial charge in [-0.15, -0.1) is 5.10 Å². The second-order valence-corrected chi connectivity index (χ2v) is 20.3. The molecule has 280 valence electrons. The molecular formula is C40H49ClN6O5Si. The first-order chi connectivity index (χ1) is 25.5. The molecular weight excluding hydrogens is 708 g/mol. The fourth-order valence-corrected chi connectivity index (χ4v) is 13.1. The number of piperidine rings is 1. The average Bonchev–Trinajstić information content (AvgIpc) is 3.81. The maximum Gasteiger partial charge on any atom is 0.264 e. The van der Waals surface area contributed by atoms with Gasteiger partial charge in [-0.1, -0.05) is 66.3 Å². The SMILES string of the molecule is COc1ccc([Si](C)(C)[C@H]2[C@H](CCn3cc(CCO)nn3)O[C@@]3(C(=O)N(Cc4cccc(NC(=O)C5CCCNC5)c4)c4ccc(Cl)cc43)[C@@H]2C)cc1. The van der Waals surface area contributed by atoms with Crippen molar-refractivity contribution in [3.8, 4) is 5.75 Å². The van der Waals surface area contributed by atoms with Crippen molar-refractivity contribution < 1.29 is 24.2 Å². The van der Waals surface area contributed by atoms with E-state index in [1.54, 1.807) is 11.8 Å². The molecule has 0 aliphatic carbocycles. The molecule has 5 atom stereocenters. The first-order valence-electron chi connectivity index (χ1n) is 18.6. The molecule has 0 bridgehead atoms. The zero-order chi connectivity index (χ0) is 37.3. The van der Waals surface area contributed by atoms with E-state index in [2.05, 4.69) is 53.1 Å². The Morgan fingerprint density at radius 1 is 1.17 bits per heavy atom. The minimum absolute atomic E-state index is 0.00583. The molecule has 0 radical (unpaired) electrons. The average molecular weight is 757 g/mol. The third-order valence-electron chi connectivity index (χ3n) is 11.6. The van der Waals surface area contributed by atoms with E-state index in [-0.39, 0.29) is 41.9 Å². The summed E-state index contributed by atoms with van der Waals surface area (Å²) in [5.41, 5.74) is 2.69. The smallest absolute Gasteiger partial charge is 0.264 e. The molecule has 53 heavy (non-hydrogen) atoms. The summed E-state index contributed by atoms with van der Waals surface area (Å²) in [6, 6.07) is 21.7. The van der Waals surface area contributed by atoms with Gasteiger partial charge in [0, 0.05) is 54.5 Å². The summed E-state index contributed by atoms with van der Waals surface area (Å²) < 4.78 is 14.5.